The maximum absolute atomic E-state index is 12.0. The van der Waals surface area contributed by atoms with E-state index in [0.717, 1.165) is 4.68 Å². The van der Waals surface area contributed by atoms with Crippen LogP contribution in [0.4, 0.5) is 5.69 Å². The van der Waals surface area contributed by atoms with Gasteiger partial charge in [0, 0.05) is 18.5 Å². The van der Waals surface area contributed by atoms with Gasteiger partial charge >= 0.3 is 5.91 Å². The maximum Gasteiger partial charge on any atom is 0.313 e. The van der Waals surface area contributed by atoms with Crippen LogP contribution in [-0.4, -0.2) is 20.6 Å². The van der Waals surface area contributed by atoms with E-state index in [1.54, 1.807) is 24.3 Å². The molecule has 0 N–H and O–H groups in total. The topological polar surface area (TPSA) is 91.2 Å². The molecule has 0 atom stereocenters. The maximum atomic E-state index is 12.0. The van der Waals surface area contributed by atoms with Gasteiger partial charge < -0.3 is 4.42 Å². The van der Waals surface area contributed by atoms with Crippen molar-refractivity contribution in [3.05, 3.63) is 70.7 Å². The number of hydrogen-bond donors (Lipinski definition) is 0. The molecule has 3 aromatic rings. The van der Waals surface area contributed by atoms with Crippen molar-refractivity contribution in [2.24, 2.45) is 0 Å². The van der Waals surface area contributed by atoms with Gasteiger partial charge in [-0.1, -0.05) is 12.1 Å². The van der Waals surface area contributed by atoms with Crippen LogP contribution >= 0.6 is 0 Å². The summed E-state index contributed by atoms with van der Waals surface area (Å²) < 4.78 is 6.56. The third-order valence-electron chi connectivity index (χ3n) is 2.90. The van der Waals surface area contributed by atoms with Gasteiger partial charge in [-0.3, -0.25) is 14.9 Å². The molecule has 0 bridgehead atoms. The highest BCUT2D eigenvalue weighted by atomic mass is 16.6. The lowest BCUT2D eigenvalue weighted by Crippen LogP contribution is -2.11. The number of carbonyl (C=O) groups is 1. The molecule has 104 valence electrons. The summed E-state index contributed by atoms with van der Waals surface area (Å²) in [6.45, 7) is 0. The van der Waals surface area contributed by atoms with Crippen molar-refractivity contribution in [1.29, 1.82) is 0 Å². The lowest BCUT2D eigenvalue weighted by atomic mass is 10.1. The van der Waals surface area contributed by atoms with Gasteiger partial charge in [0.2, 0.25) is 0 Å². The molecule has 3 rings (SSSR count). The number of furan rings is 1. The second-order valence-electron chi connectivity index (χ2n) is 4.19. The molecule has 2 heterocycles. The van der Waals surface area contributed by atoms with E-state index in [4.69, 9.17) is 4.42 Å². The Kier molecular flexibility index (Phi) is 3.07. The normalized spacial score (nSPS) is 10.5. The van der Waals surface area contributed by atoms with Gasteiger partial charge in [-0.2, -0.15) is 5.10 Å². The lowest BCUT2D eigenvalue weighted by Gasteiger charge is -1.99. The highest BCUT2D eigenvalue weighted by Crippen LogP contribution is 2.30. The highest BCUT2D eigenvalue weighted by Gasteiger charge is 2.19. The molecule has 2 aromatic heterocycles. The summed E-state index contributed by atoms with van der Waals surface area (Å²) in [6.07, 6.45) is 2.97. The van der Waals surface area contributed by atoms with Crippen molar-refractivity contribution in [2.45, 2.75) is 0 Å². The van der Waals surface area contributed by atoms with Crippen LogP contribution in [0.5, 0.6) is 0 Å². The minimum absolute atomic E-state index is 0.0619. The van der Waals surface area contributed by atoms with Gasteiger partial charge in [0.25, 0.3) is 5.69 Å². The van der Waals surface area contributed by atoms with E-state index in [9.17, 15) is 14.9 Å². The van der Waals surface area contributed by atoms with Crippen molar-refractivity contribution >= 4 is 11.6 Å². The molecule has 7 heteroatoms. The molecule has 21 heavy (non-hydrogen) atoms. The summed E-state index contributed by atoms with van der Waals surface area (Å²) in [5.41, 5.74) is 0.243. The largest absolute Gasteiger partial charge is 0.451 e. The molecule has 0 aliphatic rings. The zero-order valence-electron chi connectivity index (χ0n) is 10.7. The first kappa shape index (κ1) is 12.8. The lowest BCUT2D eigenvalue weighted by molar-refractivity contribution is -0.384. The molecular weight excluding hydrogens is 274 g/mol. The first-order valence-electron chi connectivity index (χ1n) is 6.05. The number of rotatable bonds is 3. The number of carbonyl (C=O) groups excluding carboxylic acids is 1. The molecule has 0 fully saturated rings. The molecule has 0 amide bonds. The van der Waals surface area contributed by atoms with Crippen LogP contribution in [-0.2, 0) is 0 Å². The molecule has 0 saturated heterocycles. The number of nitro groups is 1. The Hall–Kier alpha value is -3.22. The predicted octanol–water partition coefficient (Wildman–Crippen LogP) is 2.74. The summed E-state index contributed by atoms with van der Waals surface area (Å²) in [4.78, 5) is 22.6. The van der Waals surface area contributed by atoms with E-state index in [2.05, 4.69) is 5.10 Å². The van der Waals surface area contributed by atoms with Crippen LogP contribution < -0.4 is 0 Å². The summed E-state index contributed by atoms with van der Waals surface area (Å²) in [7, 11) is 0. The summed E-state index contributed by atoms with van der Waals surface area (Å²) in [5, 5.41) is 14.8. The Morgan fingerprint density at radius 2 is 2.00 bits per heavy atom. The molecule has 0 radical (unpaired) electrons. The Morgan fingerprint density at radius 1 is 1.19 bits per heavy atom. The van der Waals surface area contributed by atoms with Gasteiger partial charge in [-0.05, 0) is 24.3 Å². The number of benzene rings is 1. The fourth-order valence-electron chi connectivity index (χ4n) is 1.94. The van der Waals surface area contributed by atoms with Gasteiger partial charge in [0.05, 0.1) is 10.5 Å². The van der Waals surface area contributed by atoms with E-state index in [1.807, 2.05) is 0 Å². The highest BCUT2D eigenvalue weighted by molar-refractivity contribution is 5.93. The SMILES string of the molecule is O=C(c1ccc(-c2ccccc2[N+](=O)[O-])o1)n1cccn1. The Balaban J connectivity index is 2.00. The van der Waals surface area contributed by atoms with Crippen LogP contribution in [0, 0.1) is 10.1 Å². The van der Waals surface area contributed by atoms with E-state index in [-0.39, 0.29) is 17.2 Å². The van der Waals surface area contributed by atoms with Crippen molar-refractivity contribution in [3.63, 3.8) is 0 Å². The minimum atomic E-state index is -0.493. The zero-order valence-corrected chi connectivity index (χ0v) is 10.7. The van der Waals surface area contributed by atoms with E-state index in [0.29, 0.717) is 5.56 Å². The quantitative estimate of drug-likeness (QED) is 0.544. The Labute approximate surface area is 118 Å². The van der Waals surface area contributed by atoms with Crippen LogP contribution in [0.1, 0.15) is 10.6 Å². The number of hydrogen-bond acceptors (Lipinski definition) is 5. The monoisotopic (exact) mass is 283 g/mol. The second-order valence-corrected chi connectivity index (χ2v) is 4.19. The van der Waals surface area contributed by atoms with Crippen molar-refractivity contribution < 1.29 is 14.1 Å². The average molecular weight is 283 g/mol. The van der Waals surface area contributed by atoms with E-state index >= 15 is 0 Å². The van der Waals surface area contributed by atoms with Gasteiger partial charge in [0.15, 0.2) is 5.76 Å². The fourth-order valence-corrected chi connectivity index (χ4v) is 1.94. The first-order chi connectivity index (χ1) is 10.2. The molecule has 0 saturated carbocycles. The van der Waals surface area contributed by atoms with Gasteiger partial charge in [0.1, 0.15) is 5.76 Å². The second kappa shape index (κ2) is 5.04. The van der Waals surface area contributed by atoms with Gasteiger partial charge in [-0.25, -0.2) is 4.68 Å². The molecule has 7 nitrogen and oxygen atoms in total. The van der Waals surface area contributed by atoms with Crippen LogP contribution in [0.15, 0.2) is 59.3 Å². The predicted molar refractivity (Wildman–Crippen MR) is 72.8 cm³/mol. The molecule has 1 aromatic carbocycles. The number of nitro benzene ring substituents is 1. The van der Waals surface area contributed by atoms with Gasteiger partial charge in [-0.15, -0.1) is 0 Å². The van der Waals surface area contributed by atoms with Crippen LogP contribution in [0.2, 0.25) is 0 Å². The van der Waals surface area contributed by atoms with Crippen molar-refractivity contribution in [2.75, 3.05) is 0 Å². The third kappa shape index (κ3) is 2.32. The van der Waals surface area contributed by atoms with Crippen LogP contribution in [0.25, 0.3) is 11.3 Å². The fraction of sp³-hybridized carbons (Fsp3) is 0. The molecular formula is C14H9N3O4. The zero-order chi connectivity index (χ0) is 14.8. The number of para-hydroxylation sites is 1. The molecule has 0 spiro atoms. The van der Waals surface area contributed by atoms with Crippen LogP contribution in [0.3, 0.4) is 0 Å². The summed E-state index contributed by atoms with van der Waals surface area (Å²) >= 11 is 0. The minimum Gasteiger partial charge on any atom is -0.451 e. The molecule has 0 aliphatic heterocycles. The number of aromatic nitrogens is 2. The number of nitrogens with zero attached hydrogens (tertiary/aromatic N) is 3. The van der Waals surface area contributed by atoms with Crippen molar-refractivity contribution in [1.82, 2.24) is 9.78 Å². The molecule has 0 unspecified atom stereocenters. The summed E-state index contributed by atoms with van der Waals surface area (Å²) in [5.74, 6) is -0.116. The van der Waals surface area contributed by atoms with Crippen molar-refractivity contribution in [3.8, 4) is 11.3 Å². The Bertz CT molecular complexity index is 805. The smallest absolute Gasteiger partial charge is 0.313 e. The van der Waals surface area contributed by atoms with E-state index in [1.165, 1.54) is 30.6 Å². The standard InChI is InChI=1S/C14H9N3O4/c18-14(16-9-3-8-15-16)13-7-6-12(21-13)10-4-1-2-5-11(10)17(19)20/h1-9H. The summed E-state index contributed by atoms with van der Waals surface area (Å²) in [6, 6.07) is 10.8. The molecule has 0 aliphatic carbocycles. The first-order valence-corrected chi connectivity index (χ1v) is 6.05. The van der Waals surface area contributed by atoms with E-state index < -0.39 is 10.8 Å². The Morgan fingerprint density at radius 3 is 2.71 bits per heavy atom. The third-order valence-corrected chi connectivity index (χ3v) is 2.90. The average Bonchev–Trinajstić information content (AvgIpc) is 3.18.